The molecule has 2 aromatic rings. The van der Waals surface area contributed by atoms with Gasteiger partial charge in [-0.2, -0.15) is 0 Å². The van der Waals surface area contributed by atoms with E-state index < -0.39 is 0 Å². The fraction of sp³-hybridized carbons (Fsp3) is 0.290. The van der Waals surface area contributed by atoms with E-state index >= 15 is 0 Å². The summed E-state index contributed by atoms with van der Waals surface area (Å²) in [4.78, 5) is 9.04. The average molecular weight is 531 g/mol. The van der Waals surface area contributed by atoms with Gasteiger partial charge in [-0.25, -0.2) is 0 Å². The maximum Gasteiger partial charge on any atom is 0.162 e. The Hall–Kier alpha value is -3.61. The van der Waals surface area contributed by atoms with Gasteiger partial charge in [0.05, 0.1) is 42.5 Å². The summed E-state index contributed by atoms with van der Waals surface area (Å²) in [6.07, 6.45) is 12.7. The van der Waals surface area contributed by atoms with Crippen molar-refractivity contribution in [2.75, 3.05) is 26.1 Å². The van der Waals surface area contributed by atoms with E-state index in [4.69, 9.17) is 21.1 Å². The minimum atomic E-state index is 0.0606. The molecular formula is C31H35ClN4O2. The summed E-state index contributed by atoms with van der Waals surface area (Å²) in [6, 6.07) is 12.3. The van der Waals surface area contributed by atoms with Crippen LogP contribution < -0.4 is 10.6 Å². The van der Waals surface area contributed by atoms with Crippen LogP contribution in [0, 0.1) is 5.41 Å². The predicted molar refractivity (Wildman–Crippen MR) is 156 cm³/mol. The SMILES string of the molecule is C=C1/C=C(OC)\C(OC)=C/C/C(Cc2ncc(NC(=C)C3(CNCc4ccccc4)CC3)cc2Cl)=C\C=N1. The van der Waals surface area contributed by atoms with Crippen LogP contribution in [0.15, 0.2) is 107 Å². The Bertz CT molecular complexity index is 1290. The Labute approximate surface area is 230 Å². The number of aromatic nitrogens is 1. The molecule has 4 rings (SSSR count). The van der Waals surface area contributed by atoms with Gasteiger partial charge in [0.25, 0.3) is 0 Å². The number of rotatable bonds is 11. The minimum absolute atomic E-state index is 0.0606. The lowest BCUT2D eigenvalue weighted by atomic mass is 10.0. The molecule has 0 amide bonds. The number of aliphatic imine (C=N–C) groups is 1. The predicted octanol–water partition coefficient (Wildman–Crippen LogP) is 6.75. The summed E-state index contributed by atoms with van der Waals surface area (Å²) >= 11 is 6.68. The smallest absolute Gasteiger partial charge is 0.162 e. The van der Waals surface area contributed by atoms with Crippen LogP contribution >= 0.6 is 11.6 Å². The lowest BCUT2D eigenvalue weighted by Gasteiger charge is -2.21. The zero-order chi connectivity index (χ0) is 27.0. The molecule has 1 aliphatic heterocycles. The van der Waals surface area contributed by atoms with Crippen LogP contribution in [-0.4, -0.2) is 32.0 Å². The third-order valence-corrected chi connectivity index (χ3v) is 7.14. The summed E-state index contributed by atoms with van der Waals surface area (Å²) in [7, 11) is 3.21. The molecule has 2 heterocycles. The van der Waals surface area contributed by atoms with E-state index in [-0.39, 0.29) is 5.41 Å². The molecule has 2 aliphatic rings. The largest absolute Gasteiger partial charge is 0.493 e. The number of allylic oxidation sites excluding steroid dienone is 4. The topological polar surface area (TPSA) is 67.8 Å². The molecule has 7 heteroatoms. The second-order valence-corrected chi connectivity index (χ2v) is 9.99. The lowest BCUT2D eigenvalue weighted by Crippen LogP contribution is -2.27. The molecule has 0 saturated heterocycles. The van der Waals surface area contributed by atoms with Crippen molar-refractivity contribution in [2.24, 2.45) is 10.4 Å². The van der Waals surface area contributed by atoms with Crippen molar-refractivity contribution in [1.82, 2.24) is 10.3 Å². The standard InChI is InChI=1S/C31H35ClN4O2/c1-22-16-30(38-4)29(37-3)11-10-24(12-15-34-22)17-28-27(32)18-26(20-35-28)36-23(2)31(13-14-31)21-33-19-25-8-6-5-7-9-25/h5-9,11-12,15-16,18,20,33,36H,1-2,10,13-14,17,19,21H2,3-4H3/b24-12+,29-11+,30-16+,34-15?. The molecule has 198 valence electrons. The first-order valence-corrected chi connectivity index (χ1v) is 13.1. The van der Waals surface area contributed by atoms with E-state index in [1.54, 1.807) is 26.5 Å². The number of nitrogens with one attached hydrogen (secondary N) is 2. The van der Waals surface area contributed by atoms with Crippen LogP contribution in [-0.2, 0) is 22.4 Å². The Morgan fingerprint density at radius 2 is 1.89 bits per heavy atom. The molecule has 0 unspecified atom stereocenters. The maximum absolute atomic E-state index is 6.68. The van der Waals surface area contributed by atoms with Crippen LogP contribution in [0.1, 0.15) is 30.5 Å². The van der Waals surface area contributed by atoms with Gasteiger partial charge in [-0.15, -0.1) is 0 Å². The summed E-state index contributed by atoms with van der Waals surface area (Å²) < 4.78 is 11.0. The third kappa shape index (κ3) is 7.24. The Kier molecular flexibility index (Phi) is 9.21. The number of benzene rings is 1. The average Bonchev–Trinajstić information content (AvgIpc) is 3.71. The Morgan fingerprint density at radius 3 is 2.58 bits per heavy atom. The van der Waals surface area contributed by atoms with Gasteiger partial charge in [0.15, 0.2) is 11.5 Å². The van der Waals surface area contributed by atoms with Gasteiger partial charge in [-0.1, -0.05) is 60.7 Å². The second kappa shape index (κ2) is 12.8. The molecule has 0 spiro atoms. The summed E-state index contributed by atoms with van der Waals surface area (Å²) in [5.74, 6) is 1.20. The molecule has 38 heavy (non-hydrogen) atoms. The van der Waals surface area contributed by atoms with Crippen LogP contribution in [0.2, 0.25) is 5.02 Å². The molecule has 0 radical (unpaired) electrons. The van der Waals surface area contributed by atoms with Crippen LogP contribution in [0.5, 0.6) is 0 Å². The van der Waals surface area contributed by atoms with E-state index in [2.05, 4.69) is 58.0 Å². The van der Waals surface area contributed by atoms with Crippen molar-refractivity contribution in [2.45, 2.75) is 32.2 Å². The van der Waals surface area contributed by atoms with Gasteiger partial charge >= 0.3 is 0 Å². The fourth-order valence-corrected chi connectivity index (χ4v) is 4.56. The van der Waals surface area contributed by atoms with Crippen LogP contribution in [0.4, 0.5) is 5.69 Å². The van der Waals surface area contributed by atoms with Crippen molar-refractivity contribution in [3.63, 3.8) is 0 Å². The van der Waals surface area contributed by atoms with Gasteiger partial charge in [-0.05, 0) is 43.0 Å². The molecule has 1 fully saturated rings. The monoisotopic (exact) mass is 530 g/mol. The van der Waals surface area contributed by atoms with Gasteiger partial charge in [0.2, 0.25) is 0 Å². The van der Waals surface area contributed by atoms with E-state index in [0.717, 1.165) is 48.6 Å². The molecule has 0 atom stereocenters. The van der Waals surface area contributed by atoms with Crippen molar-refractivity contribution in [3.05, 3.63) is 119 Å². The minimum Gasteiger partial charge on any atom is -0.493 e. The molecule has 1 aliphatic carbocycles. The first kappa shape index (κ1) is 27.4. The third-order valence-electron chi connectivity index (χ3n) is 6.82. The molecular weight excluding hydrogens is 496 g/mol. The zero-order valence-electron chi connectivity index (χ0n) is 22.1. The number of anilines is 1. The quantitative estimate of drug-likeness (QED) is 0.336. The van der Waals surface area contributed by atoms with E-state index in [0.29, 0.717) is 35.1 Å². The maximum atomic E-state index is 6.68. The highest BCUT2D eigenvalue weighted by Crippen LogP contribution is 2.50. The molecule has 1 aromatic heterocycles. The van der Waals surface area contributed by atoms with Gasteiger partial charge in [0.1, 0.15) is 0 Å². The molecule has 1 saturated carbocycles. The molecule has 6 nitrogen and oxygen atoms in total. The number of nitrogens with zero attached hydrogens (tertiary/aromatic N) is 2. The Morgan fingerprint density at radius 1 is 1.13 bits per heavy atom. The molecule has 2 N–H and O–H groups in total. The normalized spacial score (nSPS) is 20.7. The van der Waals surface area contributed by atoms with Crippen molar-refractivity contribution < 1.29 is 9.47 Å². The zero-order valence-corrected chi connectivity index (χ0v) is 22.9. The number of hydrogen-bond donors (Lipinski definition) is 2. The fourth-order valence-electron chi connectivity index (χ4n) is 4.33. The highest BCUT2D eigenvalue weighted by atomic mass is 35.5. The molecule has 0 bridgehead atoms. The van der Waals surface area contributed by atoms with E-state index in [1.807, 2.05) is 30.5 Å². The van der Waals surface area contributed by atoms with Crippen molar-refractivity contribution in [1.29, 1.82) is 0 Å². The van der Waals surface area contributed by atoms with E-state index in [9.17, 15) is 0 Å². The number of hydrogen-bond acceptors (Lipinski definition) is 6. The lowest BCUT2D eigenvalue weighted by molar-refractivity contribution is 0.219. The summed E-state index contributed by atoms with van der Waals surface area (Å²) in [5, 5.41) is 7.64. The van der Waals surface area contributed by atoms with Crippen molar-refractivity contribution >= 4 is 23.5 Å². The summed E-state index contributed by atoms with van der Waals surface area (Å²) in [5.41, 5.74) is 5.61. The number of pyridine rings is 1. The second-order valence-electron chi connectivity index (χ2n) is 9.59. The van der Waals surface area contributed by atoms with Gasteiger partial charge < -0.3 is 20.1 Å². The highest BCUT2D eigenvalue weighted by molar-refractivity contribution is 6.31. The Balaban J connectivity index is 1.38. The van der Waals surface area contributed by atoms with Crippen molar-refractivity contribution in [3.8, 4) is 0 Å². The van der Waals surface area contributed by atoms with E-state index in [1.165, 1.54) is 5.56 Å². The first-order valence-electron chi connectivity index (χ1n) is 12.7. The number of halogens is 1. The first-order chi connectivity index (χ1) is 18.4. The summed E-state index contributed by atoms with van der Waals surface area (Å²) in [6.45, 7) is 10.0. The number of methoxy groups -OCH3 is 2. The molecule has 1 aromatic carbocycles. The van der Waals surface area contributed by atoms with Crippen LogP contribution in [0.25, 0.3) is 0 Å². The van der Waals surface area contributed by atoms with Crippen LogP contribution in [0.3, 0.4) is 0 Å². The van der Waals surface area contributed by atoms with Gasteiger partial charge in [0, 0.05) is 42.9 Å². The number of ether oxygens (including phenoxy) is 2. The van der Waals surface area contributed by atoms with Gasteiger partial charge in [-0.3, -0.25) is 9.98 Å². The highest BCUT2D eigenvalue weighted by Gasteiger charge is 2.45.